The van der Waals surface area contributed by atoms with Crippen LogP contribution in [0.2, 0.25) is 0 Å². The van der Waals surface area contributed by atoms with Crippen molar-refractivity contribution < 1.29 is 4.79 Å². The highest BCUT2D eigenvalue weighted by Crippen LogP contribution is 2.23. The maximum absolute atomic E-state index is 12.0. The Bertz CT molecular complexity index is 593. The summed E-state index contributed by atoms with van der Waals surface area (Å²) >= 11 is 0. The van der Waals surface area contributed by atoms with Gasteiger partial charge in [0, 0.05) is 13.0 Å². The second-order valence-corrected chi connectivity index (χ2v) is 5.06. The van der Waals surface area contributed by atoms with Gasteiger partial charge in [-0.05, 0) is 12.3 Å². The average Bonchev–Trinajstić information content (AvgIpc) is 2.96. The average molecular weight is 259 g/mol. The van der Waals surface area contributed by atoms with Crippen LogP contribution in [0.1, 0.15) is 26.2 Å². The highest BCUT2D eigenvalue weighted by atomic mass is 16.2. The van der Waals surface area contributed by atoms with E-state index in [1.54, 1.807) is 12.5 Å². The Kier molecular flexibility index (Phi) is 3.15. The zero-order valence-corrected chi connectivity index (χ0v) is 11.0. The standard InChI is InChI=1S/C13H17N5O/c1-2-3-10-4-12(19)17(6-10)9-18-8-16-11-5-14-7-15-13(11)18/h5,7-8,10H,2-4,6,9H2,1H3. The Morgan fingerprint density at radius 3 is 3.16 bits per heavy atom. The highest BCUT2D eigenvalue weighted by molar-refractivity contribution is 5.78. The normalized spacial score (nSPS) is 19.5. The number of nitrogens with zero attached hydrogens (tertiary/aromatic N) is 5. The van der Waals surface area contributed by atoms with Crippen LogP contribution in [0.5, 0.6) is 0 Å². The molecule has 1 aliphatic heterocycles. The van der Waals surface area contributed by atoms with Crippen LogP contribution in [0.4, 0.5) is 0 Å². The SMILES string of the molecule is CCCC1CC(=O)N(Cn2cnc3cncnc32)C1. The van der Waals surface area contributed by atoms with Gasteiger partial charge in [-0.25, -0.2) is 15.0 Å². The van der Waals surface area contributed by atoms with Gasteiger partial charge < -0.3 is 4.90 Å². The number of fused-ring (bicyclic) bond motifs is 1. The number of rotatable bonds is 4. The van der Waals surface area contributed by atoms with Gasteiger partial charge in [-0.1, -0.05) is 13.3 Å². The van der Waals surface area contributed by atoms with Crippen LogP contribution in [-0.2, 0) is 11.5 Å². The molecule has 6 nitrogen and oxygen atoms in total. The maximum Gasteiger partial charge on any atom is 0.224 e. The first kappa shape index (κ1) is 12.1. The lowest BCUT2D eigenvalue weighted by Gasteiger charge is -2.17. The van der Waals surface area contributed by atoms with Crippen molar-refractivity contribution in [2.45, 2.75) is 32.9 Å². The van der Waals surface area contributed by atoms with E-state index in [2.05, 4.69) is 21.9 Å². The summed E-state index contributed by atoms with van der Waals surface area (Å²) in [6, 6.07) is 0. The number of amides is 1. The Morgan fingerprint density at radius 1 is 1.42 bits per heavy atom. The van der Waals surface area contributed by atoms with Crippen molar-refractivity contribution in [2.24, 2.45) is 5.92 Å². The largest absolute Gasteiger partial charge is 0.324 e. The lowest BCUT2D eigenvalue weighted by atomic mass is 10.0. The van der Waals surface area contributed by atoms with Crippen LogP contribution in [0, 0.1) is 5.92 Å². The van der Waals surface area contributed by atoms with Crippen molar-refractivity contribution in [1.82, 2.24) is 24.4 Å². The summed E-state index contributed by atoms with van der Waals surface area (Å²) in [5.74, 6) is 0.733. The van der Waals surface area contributed by atoms with Crippen molar-refractivity contribution in [3.63, 3.8) is 0 Å². The monoisotopic (exact) mass is 259 g/mol. The molecule has 0 bridgehead atoms. The van der Waals surface area contributed by atoms with Crippen LogP contribution in [0.3, 0.4) is 0 Å². The van der Waals surface area contributed by atoms with E-state index in [-0.39, 0.29) is 5.91 Å². The second kappa shape index (κ2) is 4.95. The molecule has 2 aromatic heterocycles. The fraction of sp³-hybridized carbons (Fsp3) is 0.538. The van der Waals surface area contributed by atoms with Crippen molar-refractivity contribution >= 4 is 17.1 Å². The van der Waals surface area contributed by atoms with E-state index in [1.165, 1.54) is 6.33 Å². The van der Waals surface area contributed by atoms with Gasteiger partial charge in [0.1, 0.15) is 18.5 Å². The van der Waals surface area contributed by atoms with Crippen LogP contribution in [-0.4, -0.2) is 36.9 Å². The third kappa shape index (κ3) is 2.30. The molecule has 1 fully saturated rings. The first-order valence-corrected chi connectivity index (χ1v) is 6.66. The maximum atomic E-state index is 12.0. The summed E-state index contributed by atoms with van der Waals surface area (Å²) in [7, 11) is 0. The van der Waals surface area contributed by atoms with Crippen LogP contribution in [0.25, 0.3) is 11.2 Å². The van der Waals surface area contributed by atoms with Crippen molar-refractivity contribution in [2.75, 3.05) is 6.54 Å². The number of carbonyl (C=O) groups is 1. The molecule has 1 aliphatic rings. The zero-order chi connectivity index (χ0) is 13.2. The van der Waals surface area contributed by atoms with Crippen molar-refractivity contribution in [3.05, 3.63) is 18.9 Å². The smallest absolute Gasteiger partial charge is 0.224 e. The van der Waals surface area contributed by atoms with E-state index in [9.17, 15) is 4.79 Å². The van der Waals surface area contributed by atoms with E-state index in [0.29, 0.717) is 19.0 Å². The molecule has 1 atom stereocenters. The zero-order valence-electron chi connectivity index (χ0n) is 11.0. The molecule has 3 rings (SSSR count). The molecule has 1 unspecified atom stereocenters. The van der Waals surface area contributed by atoms with Gasteiger partial charge in [0.15, 0.2) is 5.65 Å². The Labute approximate surface area is 111 Å². The van der Waals surface area contributed by atoms with Gasteiger partial charge in [-0.3, -0.25) is 9.36 Å². The second-order valence-electron chi connectivity index (χ2n) is 5.06. The molecule has 100 valence electrons. The van der Waals surface area contributed by atoms with E-state index in [0.717, 1.165) is 30.6 Å². The van der Waals surface area contributed by atoms with Gasteiger partial charge in [-0.15, -0.1) is 0 Å². The molecule has 0 aliphatic carbocycles. The van der Waals surface area contributed by atoms with E-state index < -0.39 is 0 Å². The minimum Gasteiger partial charge on any atom is -0.324 e. The fourth-order valence-corrected chi connectivity index (χ4v) is 2.69. The summed E-state index contributed by atoms with van der Waals surface area (Å²) in [6.45, 7) is 3.54. The first-order chi connectivity index (χ1) is 9.28. The molecular formula is C13H17N5O. The minimum absolute atomic E-state index is 0.231. The first-order valence-electron chi connectivity index (χ1n) is 6.66. The van der Waals surface area contributed by atoms with Crippen LogP contribution < -0.4 is 0 Å². The third-order valence-corrected chi connectivity index (χ3v) is 3.60. The molecule has 19 heavy (non-hydrogen) atoms. The molecule has 0 N–H and O–H groups in total. The molecule has 3 heterocycles. The Balaban J connectivity index is 1.76. The lowest BCUT2D eigenvalue weighted by Crippen LogP contribution is -2.27. The molecule has 1 saturated heterocycles. The molecule has 6 heteroatoms. The number of hydrogen-bond donors (Lipinski definition) is 0. The van der Waals surface area contributed by atoms with Crippen molar-refractivity contribution in [1.29, 1.82) is 0 Å². The molecule has 0 radical (unpaired) electrons. The highest BCUT2D eigenvalue weighted by Gasteiger charge is 2.29. The van der Waals surface area contributed by atoms with Crippen molar-refractivity contribution in [3.8, 4) is 0 Å². The summed E-state index contributed by atoms with van der Waals surface area (Å²) < 4.78 is 1.91. The van der Waals surface area contributed by atoms with Gasteiger partial charge in [0.25, 0.3) is 0 Å². The molecule has 0 spiro atoms. The molecule has 2 aromatic rings. The van der Waals surface area contributed by atoms with E-state index in [1.807, 2.05) is 9.47 Å². The van der Waals surface area contributed by atoms with Gasteiger partial charge in [0.05, 0.1) is 12.5 Å². The lowest BCUT2D eigenvalue weighted by molar-refractivity contribution is -0.129. The van der Waals surface area contributed by atoms with Crippen LogP contribution in [0.15, 0.2) is 18.9 Å². The van der Waals surface area contributed by atoms with Gasteiger partial charge in [0.2, 0.25) is 5.91 Å². The number of aromatic nitrogens is 4. The molecule has 0 aromatic carbocycles. The minimum atomic E-state index is 0.231. The summed E-state index contributed by atoms with van der Waals surface area (Å²) in [5.41, 5.74) is 1.54. The Morgan fingerprint density at radius 2 is 2.32 bits per heavy atom. The number of imidazole rings is 1. The fourth-order valence-electron chi connectivity index (χ4n) is 2.69. The molecule has 1 amide bonds. The number of likely N-dealkylation sites (tertiary alicyclic amines) is 1. The van der Waals surface area contributed by atoms with Gasteiger partial charge in [-0.2, -0.15) is 0 Å². The number of carbonyl (C=O) groups excluding carboxylic acids is 1. The quantitative estimate of drug-likeness (QED) is 0.833. The number of hydrogen-bond acceptors (Lipinski definition) is 4. The molecule has 0 saturated carbocycles. The van der Waals surface area contributed by atoms with Gasteiger partial charge >= 0.3 is 0 Å². The van der Waals surface area contributed by atoms with E-state index >= 15 is 0 Å². The Hall–Kier alpha value is -1.98. The summed E-state index contributed by atoms with van der Waals surface area (Å²) in [5, 5.41) is 0. The van der Waals surface area contributed by atoms with Crippen LogP contribution >= 0.6 is 0 Å². The predicted molar refractivity (Wildman–Crippen MR) is 70.1 cm³/mol. The third-order valence-electron chi connectivity index (χ3n) is 3.60. The van der Waals surface area contributed by atoms with E-state index in [4.69, 9.17) is 0 Å². The topological polar surface area (TPSA) is 63.9 Å². The molecular weight excluding hydrogens is 242 g/mol. The summed E-state index contributed by atoms with van der Waals surface area (Å²) in [4.78, 5) is 26.3. The summed E-state index contributed by atoms with van der Waals surface area (Å²) in [6.07, 6.45) is 7.84. The predicted octanol–water partition coefficient (Wildman–Crippen LogP) is 1.43.